The highest BCUT2D eigenvalue weighted by Gasteiger charge is 2.39. The van der Waals surface area contributed by atoms with E-state index in [1.807, 2.05) is 0 Å². The number of ether oxygens (including phenoxy) is 1. The third-order valence-electron chi connectivity index (χ3n) is 4.21. The SMILES string of the molecule is CC(C)[C@@H](C(=O)NC[C@H](O)COc1cccc(Cl)c1Cl)N1CCCS1(=O)=O. The molecule has 0 unspecified atom stereocenters. The number of amides is 1. The van der Waals surface area contributed by atoms with E-state index in [4.69, 9.17) is 27.9 Å². The van der Waals surface area contributed by atoms with Gasteiger partial charge in [0.2, 0.25) is 15.9 Å². The normalized spacial score (nSPS) is 19.0. The fourth-order valence-corrected chi connectivity index (χ4v) is 5.07. The first kappa shape index (κ1) is 22.2. The van der Waals surface area contributed by atoms with E-state index in [-0.39, 0.29) is 29.8 Å². The summed E-state index contributed by atoms with van der Waals surface area (Å²) in [6, 6.07) is 4.10. The molecule has 0 aliphatic carbocycles. The molecule has 27 heavy (non-hydrogen) atoms. The first-order chi connectivity index (χ1) is 12.6. The maximum atomic E-state index is 12.5. The number of carbonyl (C=O) groups excluding carboxylic acids is 1. The molecule has 1 aromatic carbocycles. The Bertz CT molecular complexity index is 773. The standard InChI is InChI=1S/C17H24Cl2N2O5S/c1-11(2)16(21-7-4-8-27(21,24)25)17(23)20-9-12(22)10-26-14-6-3-5-13(18)15(14)19/h3,5-6,11-12,16,22H,4,7-10H2,1-2H3,(H,20,23)/t12-,16-/m0/s1. The molecule has 1 aliphatic rings. The van der Waals surface area contributed by atoms with Crippen molar-refractivity contribution in [1.82, 2.24) is 9.62 Å². The number of rotatable bonds is 8. The van der Waals surface area contributed by atoms with E-state index in [2.05, 4.69) is 5.32 Å². The molecule has 7 nitrogen and oxygen atoms in total. The lowest BCUT2D eigenvalue weighted by molar-refractivity contribution is -0.126. The number of carbonyl (C=O) groups is 1. The monoisotopic (exact) mass is 438 g/mol. The average Bonchev–Trinajstić information content (AvgIpc) is 2.93. The number of nitrogens with one attached hydrogen (secondary N) is 1. The second-order valence-electron chi connectivity index (χ2n) is 6.73. The number of benzene rings is 1. The van der Waals surface area contributed by atoms with Gasteiger partial charge in [0, 0.05) is 13.1 Å². The van der Waals surface area contributed by atoms with Gasteiger partial charge in [-0.15, -0.1) is 0 Å². The highest BCUT2D eigenvalue weighted by Crippen LogP contribution is 2.31. The second kappa shape index (κ2) is 9.43. The summed E-state index contributed by atoms with van der Waals surface area (Å²) in [5.41, 5.74) is 0. The van der Waals surface area contributed by atoms with Crippen LogP contribution in [0.3, 0.4) is 0 Å². The van der Waals surface area contributed by atoms with Crippen molar-refractivity contribution < 1.29 is 23.1 Å². The minimum Gasteiger partial charge on any atom is -0.489 e. The summed E-state index contributed by atoms with van der Waals surface area (Å²) in [5.74, 6) is -0.245. The van der Waals surface area contributed by atoms with Crippen molar-refractivity contribution in [2.75, 3.05) is 25.4 Å². The van der Waals surface area contributed by atoms with Crippen LogP contribution in [0.2, 0.25) is 10.0 Å². The van der Waals surface area contributed by atoms with Crippen molar-refractivity contribution in [2.24, 2.45) is 5.92 Å². The smallest absolute Gasteiger partial charge is 0.238 e. The van der Waals surface area contributed by atoms with E-state index in [9.17, 15) is 18.3 Å². The number of sulfonamides is 1. The van der Waals surface area contributed by atoms with Gasteiger partial charge in [0.15, 0.2) is 0 Å². The maximum Gasteiger partial charge on any atom is 0.238 e. The van der Waals surface area contributed by atoms with E-state index >= 15 is 0 Å². The van der Waals surface area contributed by atoms with E-state index in [0.29, 0.717) is 23.7 Å². The summed E-state index contributed by atoms with van der Waals surface area (Å²) in [4.78, 5) is 12.5. The van der Waals surface area contributed by atoms with Gasteiger partial charge in [0.05, 0.1) is 10.8 Å². The first-order valence-corrected chi connectivity index (χ1v) is 11.0. The summed E-state index contributed by atoms with van der Waals surface area (Å²) in [6.07, 6.45) is -0.484. The Morgan fingerprint density at radius 2 is 2.07 bits per heavy atom. The molecule has 0 spiro atoms. The van der Waals surface area contributed by atoms with E-state index in [0.717, 1.165) is 0 Å². The van der Waals surface area contributed by atoms with Gasteiger partial charge in [0.1, 0.15) is 29.5 Å². The summed E-state index contributed by atoms with van der Waals surface area (Å²) in [5, 5.41) is 13.2. The minimum absolute atomic E-state index is 0.0559. The lowest BCUT2D eigenvalue weighted by Crippen LogP contribution is -2.52. The summed E-state index contributed by atoms with van der Waals surface area (Å²) in [6.45, 7) is 3.73. The Balaban J connectivity index is 1.90. The van der Waals surface area contributed by atoms with Crippen molar-refractivity contribution in [1.29, 1.82) is 0 Å². The first-order valence-electron chi connectivity index (χ1n) is 8.65. The Hall–Kier alpha value is -1.06. The molecule has 1 amide bonds. The number of hydrogen-bond donors (Lipinski definition) is 2. The predicted octanol–water partition coefficient (Wildman–Crippen LogP) is 1.91. The predicted molar refractivity (Wildman–Crippen MR) is 105 cm³/mol. The average molecular weight is 439 g/mol. The van der Waals surface area contributed by atoms with Crippen LogP contribution in [0, 0.1) is 5.92 Å². The molecular weight excluding hydrogens is 415 g/mol. The van der Waals surface area contributed by atoms with Crippen LogP contribution >= 0.6 is 23.2 Å². The highest BCUT2D eigenvalue weighted by atomic mass is 35.5. The summed E-state index contributed by atoms with van der Waals surface area (Å²) in [7, 11) is -3.41. The van der Waals surface area contributed by atoms with E-state index in [1.165, 1.54) is 4.31 Å². The molecule has 2 rings (SSSR count). The summed E-state index contributed by atoms with van der Waals surface area (Å²) >= 11 is 11.9. The van der Waals surface area contributed by atoms with Crippen LogP contribution in [-0.4, -0.2) is 61.3 Å². The topological polar surface area (TPSA) is 95.9 Å². The molecule has 0 bridgehead atoms. The Kier molecular flexibility index (Phi) is 7.76. The Morgan fingerprint density at radius 3 is 2.67 bits per heavy atom. The molecule has 0 saturated carbocycles. The molecule has 0 aromatic heterocycles. The van der Waals surface area contributed by atoms with Crippen LogP contribution in [0.15, 0.2) is 18.2 Å². The van der Waals surface area contributed by atoms with Crippen LogP contribution in [0.1, 0.15) is 20.3 Å². The van der Waals surface area contributed by atoms with Crippen molar-refractivity contribution in [3.63, 3.8) is 0 Å². The van der Waals surface area contributed by atoms with E-state index < -0.39 is 28.1 Å². The zero-order valence-electron chi connectivity index (χ0n) is 15.2. The molecule has 2 atom stereocenters. The molecule has 1 saturated heterocycles. The fraction of sp³-hybridized carbons (Fsp3) is 0.588. The molecule has 1 aliphatic heterocycles. The third kappa shape index (κ3) is 5.71. The molecule has 1 heterocycles. The van der Waals surface area contributed by atoms with Gasteiger partial charge in [-0.3, -0.25) is 4.79 Å². The van der Waals surface area contributed by atoms with Crippen molar-refractivity contribution in [3.05, 3.63) is 28.2 Å². The third-order valence-corrected chi connectivity index (χ3v) is 6.94. The zero-order chi connectivity index (χ0) is 20.2. The maximum absolute atomic E-state index is 12.5. The van der Waals surface area contributed by atoms with Gasteiger partial charge in [-0.25, -0.2) is 8.42 Å². The van der Waals surface area contributed by atoms with Crippen LogP contribution in [0.25, 0.3) is 0 Å². The van der Waals surface area contributed by atoms with Gasteiger partial charge in [-0.05, 0) is 24.5 Å². The number of halogens is 2. The number of hydrogen-bond acceptors (Lipinski definition) is 5. The quantitative estimate of drug-likeness (QED) is 0.645. The molecule has 1 aromatic rings. The Morgan fingerprint density at radius 1 is 1.37 bits per heavy atom. The Labute approximate surface area is 169 Å². The van der Waals surface area contributed by atoms with Crippen LogP contribution in [0.5, 0.6) is 5.75 Å². The van der Waals surface area contributed by atoms with Gasteiger partial charge in [-0.1, -0.05) is 43.1 Å². The van der Waals surface area contributed by atoms with Crippen molar-refractivity contribution in [2.45, 2.75) is 32.4 Å². The van der Waals surface area contributed by atoms with Crippen LogP contribution in [0.4, 0.5) is 0 Å². The minimum atomic E-state index is -3.41. The largest absolute Gasteiger partial charge is 0.489 e. The molecule has 1 fully saturated rings. The lowest BCUT2D eigenvalue weighted by Gasteiger charge is -2.28. The van der Waals surface area contributed by atoms with E-state index in [1.54, 1.807) is 32.0 Å². The molecule has 0 radical (unpaired) electrons. The number of aliphatic hydroxyl groups is 1. The van der Waals surface area contributed by atoms with Crippen LogP contribution < -0.4 is 10.1 Å². The number of aliphatic hydroxyl groups excluding tert-OH is 1. The fourth-order valence-electron chi connectivity index (χ4n) is 2.90. The lowest BCUT2D eigenvalue weighted by atomic mass is 10.0. The molecular formula is C17H24Cl2N2O5S. The van der Waals surface area contributed by atoms with Gasteiger partial charge in [0.25, 0.3) is 0 Å². The zero-order valence-corrected chi connectivity index (χ0v) is 17.5. The van der Waals surface area contributed by atoms with Crippen LogP contribution in [-0.2, 0) is 14.8 Å². The molecule has 152 valence electrons. The summed E-state index contributed by atoms with van der Waals surface area (Å²) < 4.78 is 30.9. The van der Waals surface area contributed by atoms with Gasteiger partial charge >= 0.3 is 0 Å². The van der Waals surface area contributed by atoms with Gasteiger partial charge in [-0.2, -0.15) is 4.31 Å². The van der Waals surface area contributed by atoms with Crippen molar-refractivity contribution in [3.8, 4) is 5.75 Å². The number of nitrogens with zero attached hydrogens (tertiary/aromatic N) is 1. The van der Waals surface area contributed by atoms with Crippen molar-refractivity contribution >= 4 is 39.1 Å². The molecule has 10 heteroatoms. The molecule has 2 N–H and O–H groups in total. The van der Waals surface area contributed by atoms with Gasteiger partial charge < -0.3 is 15.2 Å². The second-order valence-corrected chi connectivity index (χ2v) is 9.56. The highest BCUT2D eigenvalue weighted by molar-refractivity contribution is 7.89.